The monoisotopic (exact) mass is 409 g/mol. The van der Waals surface area contributed by atoms with E-state index < -0.39 is 0 Å². The molecule has 4 unspecified atom stereocenters. The van der Waals surface area contributed by atoms with Crippen LogP contribution < -0.4 is 19.7 Å². The van der Waals surface area contributed by atoms with Crippen molar-refractivity contribution >= 4 is 17.4 Å². The average Bonchev–Trinajstić information content (AvgIpc) is 3.44. The number of fused-ring (bicyclic) bond motifs is 2. The third-order valence-corrected chi connectivity index (χ3v) is 6.93. The number of methoxy groups -OCH3 is 1. The summed E-state index contributed by atoms with van der Waals surface area (Å²) < 4.78 is 10.8. The van der Waals surface area contributed by atoms with Crippen LogP contribution in [0.25, 0.3) is 0 Å². The number of piperidine rings is 2. The fourth-order valence-corrected chi connectivity index (χ4v) is 5.65. The largest absolute Gasteiger partial charge is 0.497 e. The number of rotatable bonds is 5. The van der Waals surface area contributed by atoms with Crippen molar-refractivity contribution in [2.45, 2.75) is 32.4 Å². The number of carbonyl (C=O) groups excluding carboxylic acids is 1. The summed E-state index contributed by atoms with van der Waals surface area (Å²) in [7, 11) is 1.64. The summed E-state index contributed by atoms with van der Waals surface area (Å²) in [5.41, 5.74) is 2.18. The van der Waals surface area contributed by atoms with Crippen molar-refractivity contribution in [1.82, 2.24) is 4.90 Å². The van der Waals surface area contributed by atoms with Crippen LogP contribution in [0.5, 0.6) is 11.5 Å². The number of benzene rings is 2. The lowest BCUT2D eigenvalue weighted by Gasteiger charge is -2.39. The third-order valence-electron chi connectivity index (χ3n) is 6.93. The molecule has 5 rings (SSSR count). The maximum Gasteiger partial charge on any atom is 0.322 e. The molecule has 2 heterocycles. The average molecular weight is 410 g/mol. The molecule has 2 amide bonds. The van der Waals surface area contributed by atoms with Crippen LogP contribution in [0.1, 0.15) is 21.7 Å². The van der Waals surface area contributed by atoms with Crippen molar-refractivity contribution in [2.75, 3.05) is 37.0 Å². The summed E-state index contributed by atoms with van der Waals surface area (Å²) in [5, 5.41) is 3.08. The Bertz CT molecular complexity index is 936. The van der Waals surface area contributed by atoms with E-state index in [0.29, 0.717) is 18.6 Å². The highest BCUT2D eigenvalue weighted by atomic mass is 16.5. The second kappa shape index (κ2) is 7.11. The first-order valence-corrected chi connectivity index (χ1v) is 10.7. The highest BCUT2D eigenvalue weighted by Gasteiger charge is 2.72. The SMILES string of the molecule is CCOc1ccc(N2CC3CN(C(=O)Nc4ccc(OC)cc4)C4C2C4(C)C3)cc1.[HH]. The van der Waals surface area contributed by atoms with E-state index >= 15 is 0 Å². The molecule has 2 aromatic carbocycles. The van der Waals surface area contributed by atoms with Gasteiger partial charge in [-0.25, -0.2) is 4.79 Å². The summed E-state index contributed by atoms with van der Waals surface area (Å²) in [6, 6.07) is 16.5. The van der Waals surface area contributed by atoms with Crippen molar-refractivity contribution in [3.05, 3.63) is 48.5 Å². The molecular weight excluding hydrogens is 378 g/mol. The molecule has 2 bridgehead atoms. The van der Waals surface area contributed by atoms with E-state index in [1.165, 1.54) is 12.1 Å². The van der Waals surface area contributed by atoms with Gasteiger partial charge < -0.3 is 24.6 Å². The van der Waals surface area contributed by atoms with E-state index in [2.05, 4.69) is 34.2 Å². The van der Waals surface area contributed by atoms with E-state index in [9.17, 15) is 4.79 Å². The van der Waals surface area contributed by atoms with Gasteiger partial charge in [-0.05, 0) is 67.8 Å². The molecule has 4 atom stereocenters. The minimum atomic E-state index is -0.00265. The lowest BCUT2D eigenvalue weighted by Crippen LogP contribution is -2.47. The van der Waals surface area contributed by atoms with Gasteiger partial charge in [0.25, 0.3) is 0 Å². The zero-order valence-corrected chi connectivity index (χ0v) is 17.8. The predicted molar refractivity (Wildman–Crippen MR) is 120 cm³/mol. The van der Waals surface area contributed by atoms with Gasteiger partial charge in [0, 0.05) is 31.3 Å². The minimum Gasteiger partial charge on any atom is -0.497 e. The number of nitrogens with zero attached hydrogens (tertiary/aromatic N) is 2. The van der Waals surface area contributed by atoms with E-state index in [-0.39, 0.29) is 18.9 Å². The van der Waals surface area contributed by atoms with Gasteiger partial charge in [0.1, 0.15) is 11.5 Å². The zero-order chi connectivity index (χ0) is 20.9. The molecule has 30 heavy (non-hydrogen) atoms. The van der Waals surface area contributed by atoms with Crippen molar-refractivity contribution in [3.63, 3.8) is 0 Å². The summed E-state index contributed by atoms with van der Waals surface area (Å²) in [6.45, 7) is 6.82. The van der Waals surface area contributed by atoms with Gasteiger partial charge in [-0.3, -0.25) is 0 Å². The summed E-state index contributed by atoms with van der Waals surface area (Å²) in [6.07, 6.45) is 1.20. The number of hydrogen-bond donors (Lipinski definition) is 1. The lowest BCUT2D eigenvalue weighted by atomic mass is 9.85. The molecule has 3 fully saturated rings. The Kier molecular flexibility index (Phi) is 4.53. The van der Waals surface area contributed by atoms with Gasteiger partial charge >= 0.3 is 6.03 Å². The molecule has 1 aliphatic carbocycles. The molecule has 160 valence electrons. The second-order valence-corrected chi connectivity index (χ2v) is 8.86. The third kappa shape index (κ3) is 3.06. The van der Waals surface area contributed by atoms with Crippen LogP contribution in [0.4, 0.5) is 16.2 Å². The number of carbonyl (C=O) groups is 1. The fraction of sp³-hybridized carbons (Fsp3) is 0.458. The lowest BCUT2D eigenvalue weighted by molar-refractivity contribution is 0.149. The Hall–Kier alpha value is -2.89. The van der Waals surface area contributed by atoms with Crippen LogP contribution in [-0.2, 0) is 0 Å². The number of hydrogen-bond acceptors (Lipinski definition) is 4. The predicted octanol–water partition coefficient (Wildman–Crippen LogP) is 4.47. The molecule has 0 radical (unpaired) electrons. The first kappa shape index (κ1) is 19.1. The molecule has 2 aliphatic heterocycles. The number of amides is 2. The molecule has 6 nitrogen and oxygen atoms in total. The summed E-state index contributed by atoms with van der Waals surface area (Å²) in [5.74, 6) is 2.17. The number of anilines is 2. The number of nitrogens with one attached hydrogen (secondary N) is 1. The molecule has 6 heteroatoms. The highest BCUT2D eigenvalue weighted by Crippen LogP contribution is 2.63. The molecular formula is C24H31N3O3. The van der Waals surface area contributed by atoms with Crippen molar-refractivity contribution < 1.29 is 15.7 Å². The summed E-state index contributed by atoms with van der Waals surface area (Å²) >= 11 is 0. The summed E-state index contributed by atoms with van der Waals surface area (Å²) in [4.78, 5) is 17.7. The van der Waals surface area contributed by atoms with Crippen LogP contribution in [-0.4, -0.2) is 49.8 Å². The standard InChI is InChI=1S/C24H29N3O3.H2/c1-4-30-20-11-7-18(8-12-20)26-14-16-13-24(2)21(26)22(24)27(15-16)23(28)25-17-5-9-19(29-3)10-6-17;/h5-12,16,21-22H,4,13-15H2,1-3H3,(H,25,28);1H. The van der Waals surface area contributed by atoms with Crippen molar-refractivity contribution in [3.8, 4) is 11.5 Å². The van der Waals surface area contributed by atoms with Crippen LogP contribution in [0, 0.1) is 11.3 Å². The topological polar surface area (TPSA) is 54.0 Å². The zero-order valence-electron chi connectivity index (χ0n) is 17.8. The molecule has 3 aliphatic rings. The Morgan fingerprint density at radius 3 is 2.47 bits per heavy atom. The molecule has 0 aromatic heterocycles. The Morgan fingerprint density at radius 2 is 1.80 bits per heavy atom. The van der Waals surface area contributed by atoms with Crippen LogP contribution in [0.15, 0.2) is 48.5 Å². The van der Waals surface area contributed by atoms with Crippen molar-refractivity contribution in [2.24, 2.45) is 11.3 Å². The smallest absolute Gasteiger partial charge is 0.322 e. The Balaban J connectivity index is 0.00000231. The van der Waals surface area contributed by atoms with E-state index in [0.717, 1.165) is 30.3 Å². The molecule has 1 saturated carbocycles. The minimum absolute atomic E-state index is 0. The van der Waals surface area contributed by atoms with E-state index in [1.54, 1.807) is 7.11 Å². The van der Waals surface area contributed by atoms with Gasteiger partial charge in [0.05, 0.1) is 25.8 Å². The maximum atomic E-state index is 13.1. The first-order valence-electron chi connectivity index (χ1n) is 10.7. The molecule has 2 aromatic rings. The second-order valence-electron chi connectivity index (χ2n) is 8.86. The van der Waals surface area contributed by atoms with Gasteiger partial charge in [0.2, 0.25) is 0 Å². The van der Waals surface area contributed by atoms with Crippen LogP contribution in [0.3, 0.4) is 0 Å². The van der Waals surface area contributed by atoms with Crippen LogP contribution >= 0.6 is 0 Å². The van der Waals surface area contributed by atoms with Gasteiger partial charge in [-0.1, -0.05) is 6.92 Å². The molecule has 1 N–H and O–H groups in total. The van der Waals surface area contributed by atoms with Crippen molar-refractivity contribution in [1.29, 1.82) is 0 Å². The van der Waals surface area contributed by atoms with E-state index in [1.807, 2.05) is 43.3 Å². The Morgan fingerprint density at radius 1 is 1.10 bits per heavy atom. The first-order chi connectivity index (χ1) is 14.5. The Labute approximate surface area is 179 Å². The maximum absolute atomic E-state index is 13.1. The fourth-order valence-electron chi connectivity index (χ4n) is 5.65. The highest BCUT2D eigenvalue weighted by molar-refractivity contribution is 5.90. The number of urea groups is 1. The normalized spacial score (nSPS) is 28.7. The number of ether oxygens (including phenoxy) is 2. The number of likely N-dealkylation sites (tertiary alicyclic amines) is 1. The quantitative estimate of drug-likeness (QED) is 0.792. The van der Waals surface area contributed by atoms with Gasteiger partial charge in [0.15, 0.2) is 0 Å². The van der Waals surface area contributed by atoms with Gasteiger partial charge in [-0.2, -0.15) is 0 Å². The van der Waals surface area contributed by atoms with Crippen LogP contribution in [0.2, 0.25) is 0 Å². The van der Waals surface area contributed by atoms with E-state index in [4.69, 9.17) is 9.47 Å². The molecule has 0 spiro atoms. The molecule has 2 saturated heterocycles. The van der Waals surface area contributed by atoms with Gasteiger partial charge in [-0.15, -0.1) is 0 Å².